The Morgan fingerprint density at radius 3 is 2.46 bits per heavy atom. The molecule has 3 rings (SSSR count). The molecule has 6 heteroatoms. The molecule has 1 aromatic rings. The molecule has 2 fully saturated rings. The zero-order valence-corrected chi connectivity index (χ0v) is 15.3. The summed E-state index contributed by atoms with van der Waals surface area (Å²) >= 11 is 0. The minimum atomic E-state index is -3.50. The van der Waals surface area contributed by atoms with Gasteiger partial charge in [0, 0.05) is 32.1 Å². The second-order valence-electron chi connectivity index (χ2n) is 6.98. The van der Waals surface area contributed by atoms with Crippen LogP contribution in [0.4, 0.5) is 0 Å². The third kappa shape index (κ3) is 3.35. The van der Waals surface area contributed by atoms with Gasteiger partial charge in [0.15, 0.2) is 0 Å². The van der Waals surface area contributed by atoms with Crippen LogP contribution in [-0.4, -0.2) is 49.7 Å². The first-order valence-corrected chi connectivity index (χ1v) is 10.2. The highest BCUT2D eigenvalue weighted by atomic mass is 32.2. The lowest BCUT2D eigenvalue weighted by molar-refractivity contribution is -0.138. The van der Waals surface area contributed by atoms with Crippen molar-refractivity contribution >= 4 is 15.9 Å². The Bertz CT molecular complexity index is 726. The molecule has 1 aromatic carbocycles. The van der Waals surface area contributed by atoms with E-state index in [-0.39, 0.29) is 11.8 Å². The summed E-state index contributed by atoms with van der Waals surface area (Å²) < 4.78 is 27.6. The van der Waals surface area contributed by atoms with Crippen LogP contribution < -0.4 is 0 Å². The van der Waals surface area contributed by atoms with E-state index in [0.717, 1.165) is 30.4 Å². The molecule has 0 bridgehead atoms. The molecule has 1 saturated carbocycles. The first kappa shape index (κ1) is 17.4. The predicted octanol–water partition coefficient (Wildman–Crippen LogP) is 2.33. The molecule has 1 amide bonds. The summed E-state index contributed by atoms with van der Waals surface area (Å²) in [6, 6.07) is 5.52. The molecule has 0 aromatic heterocycles. The maximum Gasteiger partial charge on any atom is 0.243 e. The summed E-state index contributed by atoms with van der Waals surface area (Å²) in [4.78, 5) is 14.7. The van der Waals surface area contributed by atoms with Crippen LogP contribution >= 0.6 is 0 Å². The molecular formula is C18H26N2O3S. The van der Waals surface area contributed by atoms with Gasteiger partial charge in [-0.1, -0.05) is 18.6 Å². The second kappa shape index (κ2) is 6.84. The van der Waals surface area contributed by atoms with Gasteiger partial charge < -0.3 is 4.90 Å². The molecule has 0 atom stereocenters. The van der Waals surface area contributed by atoms with Gasteiger partial charge in [0.1, 0.15) is 0 Å². The fourth-order valence-corrected chi connectivity index (χ4v) is 5.17. The summed E-state index contributed by atoms with van der Waals surface area (Å²) in [5.74, 6) is 0.388. The molecule has 1 saturated heterocycles. The van der Waals surface area contributed by atoms with Gasteiger partial charge in [-0.25, -0.2) is 8.42 Å². The van der Waals surface area contributed by atoms with Gasteiger partial charge in [0.2, 0.25) is 15.9 Å². The third-order valence-corrected chi connectivity index (χ3v) is 7.22. The molecule has 0 N–H and O–H groups in total. The van der Waals surface area contributed by atoms with E-state index >= 15 is 0 Å². The number of benzene rings is 1. The number of rotatable bonds is 3. The third-order valence-electron chi connectivity index (χ3n) is 5.18. The number of carbonyl (C=O) groups is 1. The van der Waals surface area contributed by atoms with Gasteiger partial charge in [0.05, 0.1) is 4.90 Å². The number of hydrogen-bond donors (Lipinski definition) is 0. The molecule has 0 radical (unpaired) electrons. The number of hydrogen-bond acceptors (Lipinski definition) is 3. The smallest absolute Gasteiger partial charge is 0.243 e. The van der Waals surface area contributed by atoms with Gasteiger partial charge in [-0.05, 0) is 50.3 Å². The number of amides is 1. The second-order valence-corrected chi connectivity index (χ2v) is 8.89. The average molecular weight is 350 g/mol. The van der Waals surface area contributed by atoms with Gasteiger partial charge in [-0.3, -0.25) is 4.79 Å². The molecular weight excluding hydrogens is 324 g/mol. The lowest BCUT2D eigenvalue weighted by Gasteiger charge is -2.31. The predicted molar refractivity (Wildman–Crippen MR) is 93.2 cm³/mol. The average Bonchev–Trinajstić information content (AvgIpc) is 2.74. The SMILES string of the molecule is Cc1ccc(C)c(S(=O)(=O)N2CCCN(C(=O)C3CCC3)CC2)c1. The largest absolute Gasteiger partial charge is 0.341 e. The number of nitrogens with zero attached hydrogens (tertiary/aromatic N) is 2. The first-order valence-electron chi connectivity index (χ1n) is 8.76. The van der Waals surface area contributed by atoms with E-state index in [1.807, 2.05) is 30.9 Å². The summed E-state index contributed by atoms with van der Waals surface area (Å²) in [5.41, 5.74) is 1.71. The van der Waals surface area contributed by atoms with Crippen molar-refractivity contribution in [1.29, 1.82) is 0 Å². The van der Waals surface area contributed by atoms with Crippen molar-refractivity contribution in [2.24, 2.45) is 5.92 Å². The highest BCUT2D eigenvalue weighted by Crippen LogP contribution is 2.29. The molecule has 0 unspecified atom stereocenters. The Morgan fingerprint density at radius 2 is 1.79 bits per heavy atom. The highest BCUT2D eigenvalue weighted by molar-refractivity contribution is 7.89. The summed E-state index contributed by atoms with van der Waals surface area (Å²) in [5, 5.41) is 0. The topological polar surface area (TPSA) is 57.7 Å². The van der Waals surface area contributed by atoms with Crippen molar-refractivity contribution in [2.75, 3.05) is 26.2 Å². The quantitative estimate of drug-likeness (QED) is 0.841. The van der Waals surface area contributed by atoms with E-state index in [4.69, 9.17) is 0 Å². The van der Waals surface area contributed by atoms with Crippen molar-refractivity contribution in [2.45, 2.75) is 44.4 Å². The number of sulfonamides is 1. The van der Waals surface area contributed by atoms with Crippen molar-refractivity contribution < 1.29 is 13.2 Å². The maximum absolute atomic E-state index is 13.0. The Labute approximate surface area is 144 Å². The Hall–Kier alpha value is -1.40. The Balaban J connectivity index is 1.75. The van der Waals surface area contributed by atoms with E-state index in [2.05, 4.69) is 0 Å². The zero-order chi connectivity index (χ0) is 17.3. The molecule has 5 nitrogen and oxygen atoms in total. The Morgan fingerprint density at radius 1 is 1.04 bits per heavy atom. The van der Waals surface area contributed by atoms with Crippen LogP contribution in [0.3, 0.4) is 0 Å². The summed E-state index contributed by atoms with van der Waals surface area (Å²) in [6.07, 6.45) is 3.81. The van der Waals surface area contributed by atoms with Crippen LogP contribution in [0.5, 0.6) is 0 Å². The minimum absolute atomic E-state index is 0.173. The molecule has 1 aliphatic heterocycles. The fourth-order valence-electron chi connectivity index (χ4n) is 3.39. The van der Waals surface area contributed by atoms with E-state index in [9.17, 15) is 13.2 Å². The molecule has 132 valence electrons. The highest BCUT2D eigenvalue weighted by Gasteiger charge is 2.33. The van der Waals surface area contributed by atoms with Gasteiger partial charge in [-0.2, -0.15) is 4.31 Å². The molecule has 2 aliphatic rings. The van der Waals surface area contributed by atoms with Crippen LogP contribution in [-0.2, 0) is 14.8 Å². The normalized spacial score (nSPS) is 20.5. The minimum Gasteiger partial charge on any atom is -0.341 e. The van der Waals surface area contributed by atoms with Crippen molar-refractivity contribution in [1.82, 2.24) is 9.21 Å². The van der Waals surface area contributed by atoms with Crippen molar-refractivity contribution in [3.8, 4) is 0 Å². The molecule has 0 spiro atoms. The van der Waals surface area contributed by atoms with Crippen molar-refractivity contribution in [3.05, 3.63) is 29.3 Å². The van der Waals surface area contributed by atoms with Crippen LogP contribution in [0.1, 0.15) is 36.8 Å². The van der Waals surface area contributed by atoms with E-state index < -0.39 is 10.0 Å². The maximum atomic E-state index is 13.0. The lowest BCUT2D eigenvalue weighted by Crippen LogP contribution is -2.41. The fraction of sp³-hybridized carbons (Fsp3) is 0.611. The van der Waals surface area contributed by atoms with E-state index in [1.54, 1.807) is 10.4 Å². The molecule has 1 aliphatic carbocycles. The van der Waals surface area contributed by atoms with Gasteiger partial charge >= 0.3 is 0 Å². The lowest BCUT2D eigenvalue weighted by atomic mass is 9.84. The standard InChI is InChI=1S/C18H26N2O3S/c1-14-7-8-15(2)17(13-14)24(22,23)20-10-4-9-19(11-12-20)18(21)16-5-3-6-16/h7-8,13,16H,3-6,9-12H2,1-2H3. The van der Waals surface area contributed by atoms with Gasteiger partial charge in [-0.15, -0.1) is 0 Å². The zero-order valence-electron chi connectivity index (χ0n) is 14.5. The van der Waals surface area contributed by atoms with Gasteiger partial charge in [0.25, 0.3) is 0 Å². The van der Waals surface area contributed by atoms with Crippen LogP contribution in [0.25, 0.3) is 0 Å². The first-order chi connectivity index (χ1) is 11.4. The number of aryl methyl sites for hydroxylation is 2. The summed E-state index contributed by atoms with van der Waals surface area (Å²) in [7, 11) is -3.50. The number of carbonyl (C=O) groups excluding carboxylic acids is 1. The monoisotopic (exact) mass is 350 g/mol. The van der Waals surface area contributed by atoms with E-state index in [0.29, 0.717) is 37.5 Å². The molecule has 1 heterocycles. The Kier molecular flexibility index (Phi) is 4.97. The van der Waals surface area contributed by atoms with Crippen LogP contribution in [0.15, 0.2) is 23.1 Å². The summed E-state index contributed by atoms with van der Waals surface area (Å²) in [6.45, 7) is 5.75. The molecule has 24 heavy (non-hydrogen) atoms. The van der Waals surface area contributed by atoms with Crippen molar-refractivity contribution in [3.63, 3.8) is 0 Å². The van der Waals surface area contributed by atoms with Crippen LogP contribution in [0, 0.1) is 19.8 Å². The van der Waals surface area contributed by atoms with E-state index in [1.165, 1.54) is 0 Å². The van der Waals surface area contributed by atoms with Crippen LogP contribution in [0.2, 0.25) is 0 Å².